The number of benzene rings is 1. The van der Waals surface area contributed by atoms with E-state index in [2.05, 4.69) is 19.1 Å². The van der Waals surface area contributed by atoms with Crippen molar-refractivity contribution in [2.24, 2.45) is 11.8 Å². The van der Waals surface area contributed by atoms with Crippen molar-refractivity contribution in [1.82, 2.24) is 0 Å². The molecule has 0 aliphatic heterocycles. The summed E-state index contributed by atoms with van der Waals surface area (Å²) in [6.07, 6.45) is 8.86. The summed E-state index contributed by atoms with van der Waals surface area (Å²) in [6.45, 7) is 4.35. The van der Waals surface area contributed by atoms with E-state index in [0.717, 1.165) is 44.1 Å². The Hall–Kier alpha value is -1.69. The van der Waals surface area contributed by atoms with Crippen LogP contribution in [0.25, 0.3) is 0 Å². The highest BCUT2D eigenvalue weighted by molar-refractivity contribution is 5.69. The maximum atomic E-state index is 11.6. The molecule has 3 N–H and O–H groups in total. The van der Waals surface area contributed by atoms with Crippen LogP contribution in [-0.2, 0) is 22.4 Å². The van der Waals surface area contributed by atoms with Crippen molar-refractivity contribution in [1.29, 1.82) is 0 Å². The molecule has 0 saturated heterocycles. The second-order valence-corrected chi connectivity index (χ2v) is 8.69. The van der Waals surface area contributed by atoms with Gasteiger partial charge in [-0.2, -0.15) is 0 Å². The molecule has 2 rings (SSSR count). The van der Waals surface area contributed by atoms with Crippen LogP contribution in [0.2, 0.25) is 0 Å². The molecule has 5 nitrogen and oxygen atoms in total. The zero-order valence-electron chi connectivity index (χ0n) is 19.1. The number of rotatable bonds is 13. The van der Waals surface area contributed by atoms with E-state index < -0.39 is 18.3 Å². The van der Waals surface area contributed by atoms with Crippen molar-refractivity contribution in [3.8, 4) is 0 Å². The summed E-state index contributed by atoms with van der Waals surface area (Å²) < 4.78 is 5.01. The first kappa shape index (κ1) is 25.6. The molecule has 0 heterocycles. The van der Waals surface area contributed by atoms with Crippen LogP contribution >= 0.6 is 0 Å². The van der Waals surface area contributed by atoms with Gasteiger partial charge in [0.15, 0.2) is 0 Å². The van der Waals surface area contributed by atoms with Crippen molar-refractivity contribution in [2.75, 3.05) is 6.61 Å². The number of esters is 1. The molecule has 1 aliphatic rings. The lowest BCUT2D eigenvalue weighted by atomic mass is 9.85. The summed E-state index contributed by atoms with van der Waals surface area (Å²) in [7, 11) is 0. The average molecular weight is 433 g/mol. The molecule has 0 bridgehead atoms. The third-order valence-corrected chi connectivity index (χ3v) is 6.28. The number of unbranched alkanes of at least 4 members (excludes halogenated alkanes) is 2. The van der Waals surface area contributed by atoms with Gasteiger partial charge in [-0.25, -0.2) is 0 Å². The van der Waals surface area contributed by atoms with E-state index in [1.165, 1.54) is 5.56 Å². The number of aliphatic hydroxyl groups is 3. The normalized spacial score (nSPS) is 24.5. The van der Waals surface area contributed by atoms with E-state index in [0.29, 0.717) is 25.9 Å². The third kappa shape index (κ3) is 8.40. The molecule has 1 saturated carbocycles. The summed E-state index contributed by atoms with van der Waals surface area (Å²) in [5.74, 6) is -0.444. The van der Waals surface area contributed by atoms with E-state index in [9.17, 15) is 20.1 Å². The molecular formula is C26H40O5. The Labute approximate surface area is 187 Å². The fourth-order valence-electron chi connectivity index (χ4n) is 4.53. The molecule has 0 unspecified atom stereocenters. The highest BCUT2D eigenvalue weighted by Crippen LogP contribution is 2.37. The van der Waals surface area contributed by atoms with Crippen LogP contribution in [-0.4, -0.2) is 46.2 Å². The van der Waals surface area contributed by atoms with Crippen LogP contribution in [0.3, 0.4) is 0 Å². The molecule has 1 aromatic rings. The van der Waals surface area contributed by atoms with Gasteiger partial charge in [0, 0.05) is 18.8 Å². The predicted molar refractivity (Wildman–Crippen MR) is 123 cm³/mol. The maximum Gasteiger partial charge on any atom is 0.305 e. The largest absolute Gasteiger partial charge is 0.466 e. The van der Waals surface area contributed by atoms with Crippen molar-refractivity contribution in [3.63, 3.8) is 0 Å². The number of hydrogen-bond acceptors (Lipinski definition) is 5. The Kier molecular flexibility index (Phi) is 11.3. The second-order valence-electron chi connectivity index (χ2n) is 8.69. The van der Waals surface area contributed by atoms with Gasteiger partial charge in [0.2, 0.25) is 0 Å². The fraction of sp³-hybridized carbons (Fsp3) is 0.654. The molecule has 0 radical (unpaired) electrons. The van der Waals surface area contributed by atoms with E-state index in [1.807, 2.05) is 25.1 Å². The maximum absolute atomic E-state index is 11.6. The molecule has 1 fully saturated rings. The van der Waals surface area contributed by atoms with E-state index in [4.69, 9.17) is 4.74 Å². The molecule has 0 amide bonds. The van der Waals surface area contributed by atoms with Crippen LogP contribution in [0.4, 0.5) is 0 Å². The molecule has 5 atom stereocenters. The van der Waals surface area contributed by atoms with Crippen LogP contribution in [0.15, 0.2) is 36.4 Å². The van der Waals surface area contributed by atoms with Gasteiger partial charge in [0.05, 0.1) is 24.9 Å². The first-order chi connectivity index (χ1) is 15.0. The highest BCUT2D eigenvalue weighted by Gasteiger charge is 2.40. The number of carbonyl (C=O) groups excluding carboxylic acids is 1. The fourth-order valence-corrected chi connectivity index (χ4v) is 4.53. The predicted octanol–water partition coefficient (Wildman–Crippen LogP) is 3.97. The van der Waals surface area contributed by atoms with Crippen molar-refractivity contribution < 1.29 is 24.9 Å². The Morgan fingerprint density at radius 1 is 1.13 bits per heavy atom. The zero-order valence-corrected chi connectivity index (χ0v) is 19.1. The minimum absolute atomic E-state index is 0.0969. The quantitative estimate of drug-likeness (QED) is 0.249. The molecule has 174 valence electrons. The van der Waals surface area contributed by atoms with E-state index in [-0.39, 0.29) is 17.8 Å². The molecule has 5 heteroatoms. The lowest BCUT2D eigenvalue weighted by Gasteiger charge is -2.22. The second kappa shape index (κ2) is 13.7. The summed E-state index contributed by atoms with van der Waals surface area (Å²) in [6, 6.07) is 8.12. The third-order valence-electron chi connectivity index (χ3n) is 6.28. The van der Waals surface area contributed by atoms with Crippen LogP contribution in [0, 0.1) is 11.8 Å². The van der Waals surface area contributed by atoms with Gasteiger partial charge in [-0.3, -0.25) is 4.79 Å². The van der Waals surface area contributed by atoms with Crippen LogP contribution in [0.5, 0.6) is 0 Å². The van der Waals surface area contributed by atoms with Gasteiger partial charge in [-0.15, -0.1) is 0 Å². The summed E-state index contributed by atoms with van der Waals surface area (Å²) in [5, 5.41) is 31.3. The van der Waals surface area contributed by atoms with Crippen molar-refractivity contribution >= 4 is 5.97 Å². The molecular weight excluding hydrogens is 392 g/mol. The first-order valence-electron chi connectivity index (χ1n) is 11.9. The minimum Gasteiger partial charge on any atom is -0.466 e. The number of aliphatic hydroxyl groups excluding tert-OH is 3. The minimum atomic E-state index is -0.602. The Bertz CT molecular complexity index is 686. The van der Waals surface area contributed by atoms with E-state index >= 15 is 0 Å². The number of aryl methyl sites for hydroxylation is 1. The van der Waals surface area contributed by atoms with Crippen molar-refractivity contribution in [2.45, 2.75) is 89.9 Å². The van der Waals surface area contributed by atoms with Crippen LogP contribution < -0.4 is 0 Å². The molecule has 0 spiro atoms. The van der Waals surface area contributed by atoms with Gasteiger partial charge >= 0.3 is 5.97 Å². The van der Waals surface area contributed by atoms with Crippen LogP contribution in [0.1, 0.15) is 69.9 Å². The van der Waals surface area contributed by atoms with Gasteiger partial charge in [0.1, 0.15) is 0 Å². The smallest absolute Gasteiger partial charge is 0.305 e. The SMILES string of the molecule is CCCCC[C@H](O)/C=C/[C@@H]1[C@@H](Cc2ccccc2CCCC(=O)OCC)[C@H](O)C[C@H]1O. The molecule has 1 aromatic carbocycles. The number of hydrogen-bond donors (Lipinski definition) is 3. The van der Waals surface area contributed by atoms with Gasteiger partial charge in [-0.1, -0.05) is 62.6 Å². The topological polar surface area (TPSA) is 87.0 Å². The Morgan fingerprint density at radius 2 is 1.87 bits per heavy atom. The van der Waals surface area contributed by atoms with Crippen molar-refractivity contribution in [3.05, 3.63) is 47.5 Å². The highest BCUT2D eigenvalue weighted by atomic mass is 16.5. The lowest BCUT2D eigenvalue weighted by Crippen LogP contribution is -2.23. The first-order valence-corrected chi connectivity index (χ1v) is 11.9. The lowest BCUT2D eigenvalue weighted by molar-refractivity contribution is -0.143. The summed E-state index contributed by atoms with van der Waals surface area (Å²) in [5.41, 5.74) is 2.31. The standard InChI is InChI=1S/C26H40O5/c1-3-5-6-13-21(27)15-16-22-23(25(29)18-24(22)28)17-20-11-8-7-10-19(20)12-9-14-26(30)31-4-2/h7-8,10-11,15-16,21-25,27-29H,3-6,9,12-14,17-18H2,1-2H3/b16-15+/t21-,22+,23+,24+,25+/m0/s1. The Morgan fingerprint density at radius 3 is 2.58 bits per heavy atom. The molecule has 31 heavy (non-hydrogen) atoms. The summed E-state index contributed by atoms with van der Waals surface area (Å²) in [4.78, 5) is 11.6. The number of carbonyl (C=O) groups is 1. The van der Waals surface area contributed by atoms with Gasteiger partial charge in [-0.05, 0) is 49.7 Å². The monoisotopic (exact) mass is 432 g/mol. The Balaban J connectivity index is 2.01. The number of ether oxygens (including phenoxy) is 1. The van der Waals surface area contributed by atoms with E-state index in [1.54, 1.807) is 6.08 Å². The summed E-state index contributed by atoms with van der Waals surface area (Å²) >= 11 is 0. The average Bonchev–Trinajstić information content (AvgIpc) is 3.00. The van der Waals surface area contributed by atoms with Gasteiger partial charge < -0.3 is 20.1 Å². The van der Waals surface area contributed by atoms with Gasteiger partial charge in [0.25, 0.3) is 0 Å². The molecule has 1 aliphatic carbocycles. The zero-order chi connectivity index (χ0) is 22.6. The molecule has 0 aromatic heterocycles.